The molecule has 2 heteroatoms. The molecule has 0 bridgehead atoms. The van der Waals surface area contributed by atoms with Crippen LogP contribution < -0.4 is 0 Å². The quantitative estimate of drug-likeness (QED) is 0.464. The maximum Gasteiger partial charge on any atom is 0.123 e. The van der Waals surface area contributed by atoms with Crippen LogP contribution >= 0.6 is 0 Å². The van der Waals surface area contributed by atoms with Crippen LogP contribution in [0.4, 0.5) is 4.39 Å². The van der Waals surface area contributed by atoms with Gasteiger partial charge < -0.3 is 0 Å². The fourth-order valence-electron chi connectivity index (χ4n) is 2.33. The minimum absolute atomic E-state index is 0.266. The zero-order valence-electron chi connectivity index (χ0n) is 14.0. The molecule has 0 amide bonds. The number of aliphatic imine (C=N–C) groups is 1. The van der Waals surface area contributed by atoms with Crippen LogP contribution in [0, 0.1) is 24.6 Å². The predicted molar refractivity (Wildman–Crippen MR) is 101 cm³/mol. The summed E-state index contributed by atoms with van der Waals surface area (Å²) in [6.45, 7) is 2.60. The zero-order valence-corrected chi connectivity index (χ0v) is 14.0. The summed E-state index contributed by atoms with van der Waals surface area (Å²) >= 11 is 0. The molecule has 3 aromatic rings. The molecular formula is C23H18FN. The second-order valence-corrected chi connectivity index (χ2v) is 5.77. The molecule has 0 aliphatic heterocycles. The molecule has 0 saturated heterocycles. The first-order valence-corrected chi connectivity index (χ1v) is 8.14. The summed E-state index contributed by atoms with van der Waals surface area (Å²) in [6, 6.07) is 24.3. The minimum atomic E-state index is -0.266. The fraction of sp³-hybridized carbons (Fsp3) is 0.0870. The Balaban J connectivity index is 1.91. The summed E-state index contributed by atoms with van der Waals surface area (Å²) < 4.78 is 13.2. The molecule has 0 aromatic heterocycles. The molecule has 0 radical (unpaired) electrons. The van der Waals surface area contributed by atoms with Gasteiger partial charge in [-0.2, -0.15) is 0 Å². The third-order valence-electron chi connectivity index (χ3n) is 3.76. The summed E-state index contributed by atoms with van der Waals surface area (Å²) in [5.74, 6) is 5.99. The molecule has 0 N–H and O–H groups in total. The van der Waals surface area contributed by atoms with Crippen LogP contribution in [0.15, 0.2) is 83.9 Å². The molecule has 0 aliphatic carbocycles. The van der Waals surface area contributed by atoms with Crippen molar-refractivity contribution < 1.29 is 4.39 Å². The standard InChI is InChI=1S/C23H18FN/c1-18-7-9-20(10-8-18)17-25-23(21-12-14-22(24)15-13-21)16-11-19-5-3-2-4-6-19/h2-10,12-15H,17H2,1H3. The maximum atomic E-state index is 13.2. The molecule has 25 heavy (non-hydrogen) atoms. The SMILES string of the molecule is Cc1ccc(CN=C(C#Cc2ccccc2)c2ccc(F)cc2)cc1. The lowest BCUT2D eigenvalue weighted by molar-refractivity contribution is 0.628. The first-order valence-electron chi connectivity index (χ1n) is 8.14. The predicted octanol–water partition coefficient (Wildman–Crippen LogP) is 5.18. The highest BCUT2D eigenvalue weighted by Gasteiger charge is 2.01. The molecule has 0 heterocycles. The highest BCUT2D eigenvalue weighted by atomic mass is 19.1. The van der Waals surface area contributed by atoms with Crippen LogP contribution in [0.25, 0.3) is 0 Å². The van der Waals surface area contributed by atoms with Crippen molar-refractivity contribution >= 4 is 5.71 Å². The van der Waals surface area contributed by atoms with Crippen molar-refractivity contribution in [1.82, 2.24) is 0 Å². The van der Waals surface area contributed by atoms with Gasteiger partial charge in [-0.15, -0.1) is 0 Å². The van der Waals surface area contributed by atoms with Crippen LogP contribution in [0.2, 0.25) is 0 Å². The lowest BCUT2D eigenvalue weighted by Gasteiger charge is -2.02. The Morgan fingerprint density at radius 3 is 2.24 bits per heavy atom. The van der Waals surface area contributed by atoms with E-state index >= 15 is 0 Å². The Kier molecular flexibility index (Phi) is 5.39. The van der Waals surface area contributed by atoms with Gasteiger partial charge in [0.15, 0.2) is 0 Å². The van der Waals surface area contributed by atoms with E-state index in [1.807, 2.05) is 30.3 Å². The van der Waals surface area contributed by atoms with Gasteiger partial charge in [0.2, 0.25) is 0 Å². The van der Waals surface area contributed by atoms with Crippen molar-refractivity contribution in [3.63, 3.8) is 0 Å². The van der Waals surface area contributed by atoms with E-state index in [0.717, 1.165) is 16.7 Å². The Morgan fingerprint density at radius 2 is 1.56 bits per heavy atom. The van der Waals surface area contributed by atoms with Gasteiger partial charge in [-0.25, -0.2) is 4.39 Å². The fourth-order valence-corrected chi connectivity index (χ4v) is 2.33. The molecule has 1 nitrogen and oxygen atoms in total. The smallest absolute Gasteiger partial charge is 0.123 e. The number of hydrogen-bond donors (Lipinski definition) is 0. The number of halogens is 1. The molecule has 0 fully saturated rings. The first kappa shape index (κ1) is 16.7. The molecule has 3 aromatic carbocycles. The van der Waals surface area contributed by atoms with E-state index in [0.29, 0.717) is 12.3 Å². The second-order valence-electron chi connectivity index (χ2n) is 5.77. The lowest BCUT2D eigenvalue weighted by Crippen LogP contribution is -1.99. The maximum absolute atomic E-state index is 13.2. The second kappa shape index (κ2) is 8.08. The molecule has 0 atom stereocenters. The van der Waals surface area contributed by atoms with E-state index in [9.17, 15) is 4.39 Å². The van der Waals surface area contributed by atoms with Crippen molar-refractivity contribution in [2.45, 2.75) is 13.5 Å². The van der Waals surface area contributed by atoms with Crippen LogP contribution in [0.1, 0.15) is 22.3 Å². The molecule has 0 saturated carbocycles. The van der Waals surface area contributed by atoms with Gasteiger partial charge in [-0.1, -0.05) is 53.9 Å². The topological polar surface area (TPSA) is 12.4 Å². The average Bonchev–Trinajstić information content (AvgIpc) is 2.65. The minimum Gasteiger partial charge on any atom is -0.271 e. The van der Waals surface area contributed by atoms with E-state index in [2.05, 4.69) is 48.0 Å². The van der Waals surface area contributed by atoms with Gasteiger partial charge in [0.25, 0.3) is 0 Å². The van der Waals surface area contributed by atoms with Crippen LogP contribution in [0.3, 0.4) is 0 Å². The molecule has 0 aliphatic rings. The Hall–Kier alpha value is -3.18. The van der Waals surface area contributed by atoms with E-state index in [4.69, 9.17) is 0 Å². The van der Waals surface area contributed by atoms with Crippen LogP contribution in [-0.2, 0) is 6.54 Å². The summed E-state index contributed by atoms with van der Waals surface area (Å²) in [4.78, 5) is 4.66. The molecular weight excluding hydrogens is 309 g/mol. The number of hydrogen-bond acceptors (Lipinski definition) is 1. The van der Waals surface area contributed by atoms with Crippen molar-refractivity contribution in [2.75, 3.05) is 0 Å². The highest BCUT2D eigenvalue weighted by Crippen LogP contribution is 2.09. The Bertz CT molecular complexity index is 912. The molecule has 3 rings (SSSR count). The molecule has 0 unspecified atom stereocenters. The van der Waals surface area contributed by atoms with Gasteiger partial charge in [-0.3, -0.25) is 4.99 Å². The third kappa shape index (κ3) is 4.89. The largest absolute Gasteiger partial charge is 0.271 e. The summed E-state index contributed by atoms with van der Waals surface area (Å²) in [7, 11) is 0. The summed E-state index contributed by atoms with van der Waals surface area (Å²) in [5.41, 5.74) is 4.73. The van der Waals surface area contributed by atoms with E-state index < -0.39 is 0 Å². The van der Waals surface area contributed by atoms with E-state index in [-0.39, 0.29) is 5.82 Å². The number of benzene rings is 3. The summed E-state index contributed by atoms with van der Waals surface area (Å²) in [6.07, 6.45) is 0. The Labute approximate surface area is 147 Å². The Morgan fingerprint density at radius 1 is 0.880 bits per heavy atom. The molecule has 0 spiro atoms. The normalized spacial score (nSPS) is 10.9. The average molecular weight is 327 g/mol. The zero-order chi connectivity index (χ0) is 17.5. The van der Waals surface area contributed by atoms with E-state index in [1.165, 1.54) is 17.7 Å². The van der Waals surface area contributed by atoms with Gasteiger partial charge in [0.1, 0.15) is 11.5 Å². The summed E-state index contributed by atoms with van der Waals surface area (Å²) in [5, 5.41) is 0. The van der Waals surface area contributed by atoms with E-state index in [1.54, 1.807) is 12.1 Å². The van der Waals surface area contributed by atoms with Gasteiger partial charge in [-0.05, 0) is 54.8 Å². The highest BCUT2D eigenvalue weighted by molar-refractivity contribution is 6.13. The number of nitrogens with zero attached hydrogens (tertiary/aromatic N) is 1. The van der Waals surface area contributed by atoms with Crippen molar-refractivity contribution in [1.29, 1.82) is 0 Å². The first-order chi connectivity index (χ1) is 12.2. The van der Waals surface area contributed by atoms with Crippen LogP contribution in [0.5, 0.6) is 0 Å². The number of aryl methyl sites for hydroxylation is 1. The third-order valence-corrected chi connectivity index (χ3v) is 3.76. The van der Waals surface area contributed by atoms with Crippen molar-refractivity contribution in [2.24, 2.45) is 4.99 Å². The van der Waals surface area contributed by atoms with Gasteiger partial charge in [0.05, 0.1) is 6.54 Å². The monoisotopic (exact) mass is 327 g/mol. The van der Waals surface area contributed by atoms with Crippen LogP contribution in [-0.4, -0.2) is 5.71 Å². The lowest BCUT2D eigenvalue weighted by atomic mass is 10.1. The molecule has 122 valence electrons. The van der Waals surface area contributed by atoms with Crippen molar-refractivity contribution in [3.8, 4) is 11.8 Å². The van der Waals surface area contributed by atoms with Crippen molar-refractivity contribution in [3.05, 3.63) is 107 Å². The number of rotatable bonds is 3. The van der Waals surface area contributed by atoms with Gasteiger partial charge >= 0.3 is 0 Å². The van der Waals surface area contributed by atoms with Gasteiger partial charge in [0, 0.05) is 11.1 Å².